The van der Waals surface area contributed by atoms with Crippen LogP contribution < -0.4 is 0 Å². The highest BCUT2D eigenvalue weighted by molar-refractivity contribution is 9.10. The minimum Gasteiger partial charge on any atom is -0.466 e. The van der Waals surface area contributed by atoms with Crippen molar-refractivity contribution in [2.75, 3.05) is 19.8 Å². The minimum atomic E-state index is -1.66. The molecule has 0 spiro atoms. The Hall–Kier alpha value is -1.11. The van der Waals surface area contributed by atoms with Gasteiger partial charge in [-0.2, -0.15) is 0 Å². The molecule has 110 valence electrons. The largest absolute Gasteiger partial charge is 0.466 e. The Morgan fingerprint density at radius 1 is 0.895 bits per heavy atom. The van der Waals surface area contributed by atoms with E-state index in [4.69, 9.17) is 14.2 Å². The number of ether oxygens (including phenoxy) is 3. The van der Waals surface area contributed by atoms with Gasteiger partial charge in [-0.3, -0.25) is 4.79 Å². The Bertz CT molecular complexity index is 310. The van der Waals surface area contributed by atoms with Crippen molar-refractivity contribution in [3.63, 3.8) is 0 Å². The molecule has 0 aromatic heterocycles. The number of halogens is 1. The van der Waals surface area contributed by atoms with Crippen molar-refractivity contribution in [1.29, 1.82) is 0 Å². The van der Waals surface area contributed by atoms with Crippen molar-refractivity contribution < 1.29 is 28.6 Å². The summed E-state index contributed by atoms with van der Waals surface area (Å²) >= 11 is 3.04. The maximum atomic E-state index is 11.8. The lowest BCUT2D eigenvalue weighted by molar-refractivity contribution is -0.158. The van der Waals surface area contributed by atoms with E-state index in [-0.39, 0.29) is 32.7 Å². The Morgan fingerprint density at radius 2 is 1.32 bits per heavy atom. The standard InChI is InChI=1S/C12H19BrO6/c1-4-17-9(14)7-8-12(13,10(15)18-5-2)11(16)19-6-3/h4-8H2,1-3H3. The van der Waals surface area contributed by atoms with Crippen molar-refractivity contribution in [1.82, 2.24) is 0 Å². The molecule has 0 unspecified atom stereocenters. The summed E-state index contributed by atoms with van der Waals surface area (Å²) in [7, 11) is 0. The highest BCUT2D eigenvalue weighted by atomic mass is 79.9. The van der Waals surface area contributed by atoms with Crippen LogP contribution in [0.5, 0.6) is 0 Å². The molecule has 0 rings (SSSR count). The normalized spacial score (nSPS) is 10.7. The molecule has 19 heavy (non-hydrogen) atoms. The van der Waals surface area contributed by atoms with Crippen molar-refractivity contribution in [3.05, 3.63) is 0 Å². The van der Waals surface area contributed by atoms with E-state index < -0.39 is 22.2 Å². The SMILES string of the molecule is CCOC(=O)CCC(Br)(C(=O)OCC)C(=O)OCC. The van der Waals surface area contributed by atoms with Gasteiger partial charge in [0.25, 0.3) is 0 Å². The average Bonchev–Trinajstić information content (AvgIpc) is 2.36. The summed E-state index contributed by atoms with van der Waals surface area (Å²) in [6.45, 7) is 5.43. The highest BCUT2D eigenvalue weighted by Gasteiger charge is 2.46. The molecule has 0 amide bonds. The van der Waals surface area contributed by atoms with Gasteiger partial charge in [0.2, 0.25) is 4.32 Å². The summed E-state index contributed by atoms with van der Waals surface area (Å²) in [5.41, 5.74) is 0. The maximum Gasteiger partial charge on any atom is 0.334 e. The zero-order valence-corrected chi connectivity index (χ0v) is 12.9. The number of esters is 3. The molecule has 7 heteroatoms. The molecule has 0 fully saturated rings. The highest BCUT2D eigenvalue weighted by Crippen LogP contribution is 2.28. The van der Waals surface area contributed by atoms with Crippen LogP contribution in [0.4, 0.5) is 0 Å². The fourth-order valence-corrected chi connectivity index (χ4v) is 1.71. The lowest BCUT2D eigenvalue weighted by Gasteiger charge is -2.22. The molecular weight excluding hydrogens is 320 g/mol. The third-order valence-electron chi connectivity index (χ3n) is 2.18. The van der Waals surface area contributed by atoms with Crippen molar-refractivity contribution in [2.24, 2.45) is 0 Å². The Balaban J connectivity index is 4.80. The average molecular weight is 339 g/mol. The predicted molar refractivity (Wildman–Crippen MR) is 70.8 cm³/mol. The topological polar surface area (TPSA) is 78.9 Å². The van der Waals surface area contributed by atoms with Gasteiger partial charge in [0.05, 0.1) is 19.8 Å². The second kappa shape index (κ2) is 8.90. The van der Waals surface area contributed by atoms with E-state index in [1.165, 1.54) is 0 Å². The Kier molecular flexibility index (Phi) is 8.38. The molecule has 0 N–H and O–H groups in total. The molecule has 0 atom stereocenters. The monoisotopic (exact) mass is 338 g/mol. The molecule has 0 aromatic rings. The lowest BCUT2D eigenvalue weighted by atomic mass is 10.0. The van der Waals surface area contributed by atoms with Crippen LogP contribution in [0.25, 0.3) is 0 Å². The van der Waals surface area contributed by atoms with Gasteiger partial charge in [-0.25, -0.2) is 9.59 Å². The van der Waals surface area contributed by atoms with Gasteiger partial charge in [-0.1, -0.05) is 15.9 Å². The van der Waals surface area contributed by atoms with Gasteiger partial charge in [0.15, 0.2) is 0 Å². The number of hydrogen-bond acceptors (Lipinski definition) is 6. The first-order valence-electron chi connectivity index (χ1n) is 6.11. The van der Waals surface area contributed by atoms with E-state index in [0.29, 0.717) is 0 Å². The predicted octanol–water partition coefficient (Wildman–Crippen LogP) is 1.59. The summed E-state index contributed by atoms with van der Waals surface area (Å²) in [6, 6.07) is 0. The number of carbonyl (C=O) groups is 3. The van der Waals surface area contributed by atoms with Gasteiger partial charge in [-0.05, 0) is 27.2 Å². The maximum absolute atomic E-state index is 11.8. The summed E-state index contributed by atoms with van der Waals surface area (Å²) in [4.78, 5) is 35.0. The molecule has 0 aliphatic carbocycles. The van der Waals surface area contributed by atoms with Crippen LogP contribution >= 0.6 is 15.9 Å². The van der Waals surface area contributed by atoms with Crippen LogP contribution in [0.1, 0.15) is 33.6 Å². The summed E-state index contributed by atoms with van der Waals surface area (Å²) in [5, 5.41) is 0. The minimum absolute atomic E-state index is 0.0799. The van der Waals surface area contributed by atoms with Gasteiger partial charge >= 0.3 is 17.9 Å². The van der Waals surface area contributed by atoms with Crippen molar-refractivity contribution in [2.45, 2.75) is 37.9 Å². The lowest BCUT2D eigenvalue weighted by Crippen LogP contribution is -2.44. The summed E-state index contributed by atoms with van der Waals surface area (Å²) < 4.78 is 12.7. The third-order valence-corrected chi connectivity index (χ3v) is 3.22. The number of carbonyl (C=O) groups excluding carboxylic acids is 3. The van der Waals surface area contributed by atoms with Crippen LogP contribution in [-0.2, 0) is 28.6 Å². The Labute approximate surface area is 120 Å². The fourth-order valence-electron chi connectivity index (χ4n) is 1.29. The van der Waals surface area contributed by atoms with E-state index >= 15 is 0 Å². The fraction of sp³-hybridized carbons (Fsp3) is 0.750. The molecule has 0 aliphatic rings. The van der Waals surface area contributed by atoms with Crippen molar-refractivity contribution >= 4 is 33.8 Å². The second-order valence-corrected chi connectivity index (χ2v) is 4.90. The third kappa shape index (κ3) is 5.59. The molecule has 0 aliphatic heterocycles. The second-order valence-electron chi connectivity index (χ2n) is 3.55. The van der Waals surface area contributed by atoms with Crippen LogP contribution in [0.3, 0.4) is 0 Å². The smallest absolute Gasteiger partial charge is 0.334 e. The Morgan fingerprint density at radius 3 is 1.68 bits per heavy atom. The van der Waals surface area contributed by atoms with E-state index in [0.717, 1.165) is 0 Å². The zero-order chi connectivity index (χ0) is 14.9. The first-order chi connectivity index (χ1) is 8.92. The van der Waals surface area contributed by atoms with Gasteiger partial charge in [-0.15, -0.1) is 0 Å². The molecule has 0 radical (unpaired) electrons. The van der Waals surface area contributed by atoms with Crippen LogP contribution in [-0.4, -0.2) is 42.1 Å². The van der Waals surface area contributed by atoms with Crippen LogP contribution in [0.15, 0.2) is 0 Å². The molecule has 0 aromatic carbocycles. The van der Waals surface area contributed by atoms with Gasteiger partial charge in [0.1, 0.15) is 0 Å². The van der Waals surface area contributed by atoms with Crippen molar-refractivity contribution in [3.8, 4) is 0 Å². The molecule has 0 saturated carbocycles. The molecule has 0 heterocycles. The first kappa shape index (κ1) is 17.9. The molecule has 0 bridgehead atoms. The number of alkyl halides is 1. The zero-order valence-electron chi connectivity index (χ0n) is 11.4. The van der Waals surface area contributed by atoms with Crippen LogP contribution in [0, 0.1) is 0 Å². The quantitative estimate of drug-likeness (QED) is 0.289. The van der Waals surface area contributed by atoms with Gasteiger partial charge in [0, 0.05) is 6.42 Å². The van der Waals surface area contributed by atoms with E-state index in [1.807, 2.05) is 0 Å². The van der Waals surface area contributed by atoms with E-state index in [9.17, 15) is 14.4 Å². The van der Waals surface area contributed by atoms with Crippen LogP contribution in [0.2, 0.25) is 0 Å². The first-order valence-corrected chi connectivity index (χ1v) is 6.90. The molecule has 6 nitrogen and oxygen atoms in total. The summed E-state index contributed by atoms with van der Waals surface area (Å²) in [6.07, 6.45) is -0.166. The van der Waals surface area contributed by atoms with E-state index in [1.54, 1.807) is 20.8 Å². The number of hydrogen-bond donors (Lipinski definition) is 0. The van der Waals surface area contributed by atoms with Gasteiger partial charge < -0.3 is 14.2 Å². The molecular formula is C12H19BrO6. The van der Waals surface area contributed by atoms with E-state index in [2.05, 4.69) is 15.9 Å². The molecule has 0 saturated heterocycles. The summed E-state index contributed by atoms with van der Waals surface area (Å²) in [5.74, 6) is -2.02. The number of rotatable bonds is 8.